The first-order chi connectivity index (χ1) is 9.11. The number of hydrogen-bond acceptors (Lipinski definition) is 4. The molecule has 0 aliphatic heterocycles. The van der Waals surface area contributed by atoms with Crippen LogP contribution < -0.4 is 4.74 Å². The first kappa shape index (κ1) is 13.4. The van der Waals surface area contributed by atoms with Crippen molar-refractivity contribution in [1.82, 2.24) is 9.97 Å². The summed E-state index contributed by atoms with van der Waals surface area (Å²) in [7, 11) is 1.43. The second kappa shape index (κ2) is 5.75. The number of ketones is 1. The predicted octanol–water partition coefficient (Wildman–Crippen LogP) is 2.70. The van der Waals surface area contributed by atoms with E-state index in [2.05, 4.69) is 9.97 Å². The molecule has 0 bridgehead atoms. The molecule has 1 aromatic heterocycles. The number of hydrogen-bond donors (Lipinski definition) is 0. The van der Waals surface area contributed by atoms with Gasteiger partial charge in [0.25, 0.3) is 0 Å². The number of ether oxygens (including phenoxy) is 1. The quantitative estimate of drug-likeness (QED) is 0.808. The van der Waals surface area contributed by atoms with Gasteiger partial charge in [-0.2, -0.15) is 0 Å². The molecular weight excluding hydrogens is 271 g/mol. The lowest BCUT2D eigenvalue weighted by Gasteiger charge is -2.05. The Morgan fingerprint density at radius 3 is 2.89 bits per heavy atom. The minimum atomic E-state index is -0.512. The molecule has 0 N–H and O–H groups in total. The van der Waals surface area contributed by atoms with Crippen LogP contribution in [0.2, 0.25) is 5.02 Å². The number of rotatable bonds is 4. The van der Waals surface area contributed by atoms with Gasteiger partial charge < -0.3 is 4.74 Å². The number of methoxy groups -OCH3 is 1. The molecule has 2 aromatic rings. The van der Waals surface area contributed by atoms with Gasteiger partial charge in [0.2, 0.25) is 5.88 Å². The van der Waals surface area contributed by atoms with Gasteiger partial charge in [-0.1, -0.05) is 17.7 Å². The van der Waals surface area contributed by atoms with E-state index in [1.807, 2.05) is 0 Å². The highest BCUT2D eigenvalue weighted by molar-refractivity contribution is 6.31. The molecule has 0 atom stereocenters. The van der Waals surface area contributed by atoms with Gasteiger partial charge in [-0.3, -0.25) is 4.79 Å². The summed E-state index contributed by atoms with van der Waals surface area (Å²) in [6.07, 6.45) is 1.06. The molecule has 19 heavy (non-hydrogen) atoms. The van der Waals surface area contributed by atoms with Crippen LogP contribution >= 0.6 is 11.6 Å². The van der Waals surface area contributed by atoms with Gasteiger partial charge in [0, 0.05) is 23.1 Å². The molecule has 0 fully saturated rings. The maximum Gasteiger partial charge on any atom is 0.216 e. The molecular formula is C13H10ClFN2O2. The second-order valence-corrected chi connectivity index (χ2v) is 4.15. The van der Waals surface area contributed by atoms with E-state index in [-0.39, 0.29) is 34.4 Å². The van der Waals surface area contributed by atoms with Gasteiger partial charge in [-0.15, -0.1) is 0 Å². The van der Waals surface area contributed by atoms with Gasteiger partial charge >= 0.3 is 0 Å². The van der Waals surface area contributed by atoms with Crippen molar-refractivity contribution >= 4 is 17.4 Å². The van der Waals surface area contributed by atoms with Crippen molar-refractivity contribution in [3.8, 4) is 5.88 Å². The zero-order valence-corrected chi connectivity index (χ0v) is 10.8. The summed E-state index contributed by atoms with van der Waals surface area (Å²) in [4.78, 5) is 19.6. The Kier molecular flexibility index (Phi) is 4.06. The summed E-state index contributed by atoms with van der Waals surface area (Å²) in [6.45, 7) is 0. The number of benzene rings is 1. The van der Waals surface area contributed by atoms with Crippen LogP contribution in [0.5, 0.6) is 5.88 Å². The molecule has 0 unspecified atom stereocenters. The Balaban J connectivity index is 2.25. The highest BCUT2D eigenvalue weighted by Gasteiger charge is 2.15. The second-order valence-electron chi connectivity index (χ2n) is 3.75. The SMILES string of the molecule is COc1cc(C(=O)Cc2c(F)cccc2Cl)ncn1. The number of carbonyl (C=O) groups excluding carboxylic acids is 1. The fourth-order valence-corrected chi connectivity index (χ4v) is 1.79. The fourth-order valence-electron chi connectivity index (χ4n) is 1.56. The van der Waals surface area contributed by atoms with Crippen LogP contribution in [0.3, 0.4) is 0 Å². The van der Waals surface area contributed by atoms with Gasteiger partial charge in [-0.25, -0.2) is 14.4 Å². The van der Waals surface area contributed by atoms with Crippen molar-refractivity contribution in [2.45, 2.75) is 6.42 Å². The lowest BCUT2D eigenvalue weighted by molar-refractivity contribution is 0.0986. The lowest BCUT2D eigenvalue weighted by Crippen LogP contribution is -2.08. The minimum Gasteiger partial charge on any atom is -0.481 e. The smallest absolute Gasteiger partial charge is 0.216 e. The van der Waals surface area contributed by atoms with E-state index < -0.39 is 5.82 Å². The summed E-state index contributed by atoms with van der Waals surface area (Å²) in [6, 6.07) is 5.68. The Hall–Kier alpha value is -2.01. The molecule has 4 nitrogen and oxygen atoms in total. The molecule has 0 saturated heterocycles. The van der Waals surface area contributed by atoms with Crippen LogP contribution in [0.15, 0.2) is 30.6 Å². The summed E-state index contributed by atoms with van der Waals surface area (Å²) in [5.74, 6) is -0.590. The predicted molar refractivity (Wildman–Crippen MR) is 68.0 cm³/mol. The first-order valence-electron chi connectivity index (χ1n) is 5.44. The van der Waals surface area contributed by atoms with Gasteiger partial charge in [-0.05, 0) is 12.1 Å². The third kappa shape index (κ3) is 3.06. The third-order valence-corrected chi connectivity index (χ3v) is 2.89. The maximum atomic E-state index is 13.6. The summed E-state index contributed by atoms with van der Waals surface area (Å²) in [5, 5.41) is 0.217. The molecule has 0 aliphatic carbocycles. The highest BCUT2D eigenvalue weighted by atomic mass is 35.5. The topological polar surface area (TPSA) is 52.1 Å². The van der Waals surface area contributed by atoms with E-state index in [0.29, 0.717) is 0 Å². The van der Waals surface area contributed by atoms with Crippen LogP contribution in [0.4, 0.5) is 4.39 Å². The Bertz CT molecular complexity index is 599. The highest BCUT2D eigenvalue weighted by Crippen LogP contribution is 2.21. The lowest BCUT2D eigenvalue weighted by atomic mass is 10.1. The molecule has 0 radical (unpaired) electrons. The molecule has 0 saturated carbocycles. The van der Waals surface area contributed by atoms with E-state index in [9.17, 15) is 9.18 Å². The molecule has 0 spiro atoms. The molecule has 2 rings (SSSR count). The number of carbonyl (C=O) groups is 1. The van der Waals surface area contributed by atoms with Crippen LogP contribution in [0.25, 0.3) is 0 Å². The molecule has 1 heterocycles. The monoisotopic (exact) mass is 280 g/mol. The maximum absolute atomic E-state index is 13.6. The van der Waals surface area contributed by atoms with Crippen molar-refractivity contribution < 1.29 is 13.9 Å². The zero-order chi connectivity index (χ0) is 13.8. The summed E-state index contributed by atoms with van der Waals surface area (Å²) < 4.78 is 18.5. The number of Topliss-reactive ketones (excluding diaryl/α,β-unsaturated/α-hetero) is 1. The average Bonchev–Trinajstić information content (AvgIpc) is 2.43. The van der Waals surface area contributed by atoms with Crippen molar-refractivity contribution in [1.29, 1.82) is 0 Å². The average molecular weight is 281 g/mol. The van der Waals surface area contributed by atoms with Crippen LogP contribution in [0, 0.1) is 5.82 Å². The van der Waals surface area contributed by atoms with Crippen molar-refractivity contribution in [3.05, 3.63) is 52.7 Å². The molecule has 98 valence electrons. The Morgan fingerprint density at radius 2 is 2.21 bits per heavy atom. The van der Waals surface area contributed by atoms with E-state index >= 15 is 0 Å². The molecule has 6 heteroatoms. The van der Waals surface area contributed by atoms with Gasteiger partial charge in [0.1, 0.15) is 17.8 Å². The van der Waals surface area contributed by atoms with Crippen molar-refractivity contribution in [2.75, 3.05) is 7.11 Å². The normalized spacial score (nSPS) is 10.3. The van der Waals surface area contributed by atoms with Crippen LogP contribution in [-0.2, 0) is 6.42 Å². The van der Waals surface area contributed by atoms with Crippen molar-refractivity contribution in [3.63, 3.8) is 0 Å². The number of nitrogens with zero attached hydrogens (tertiary/aromatic N) is 2. The fraction of sp³-hybridized carbons (Fsp3) is 0.154. The molecule has 1 aromatic carbocycles. The van der Waals surface area contributed by atoms with Crippen LogP contribution in [0.1, 0.15) is 16.1 Å². The Morgan fingerprint density at radius 1 is 1.42 bits per heavy atom. The third-order valence-electron chi connectivity index (χ3n) is 2.54. The van der Waals surface area contributed by atoms with E-state index in [0.717, 1.165) is 0 Å². The largest absolute Gasteiger partial charge is 0.481 e. The van der Waals surface area contributed by atoms with E-state index in [1.54, 1.807) is 0 Å². The number of aromatic nitrogens is 2. The van der Waals surface area contributed by atoms with Gasteiger partial charge in [0.15, 0.2) is 5.78 Å². The van der Waals surface area contributed by atoms with E-state index in [1.165, 1.54) is 37.7 Å². The van der Waals surface area contributed by atoms with Crippen molar-refractivity contribution in [2.24, 2.45) is 0 Å². The standard InChI is InChI=1S/C13H10ClFN2O2/c1-19-13-6-11(16-7-17-13)12(18)5-8-9(14)3-2-4-10(8)15/h2-4,6-7H,5H2,1H3. The summed E-state index contributed by atoms with van der Waals surface area (Å²) >= 11 is 5.87. The number of halogens is 2. The first-order valence-corrected chi connectivity index (χ1v) is 5.81. The molecule has 0 aliphatic rings. The van der Waals surface area contributed by atoms with Gasteiger partial charge in [0.05, 0.1) is 7.11 Å². The zero-order valence-electron chi connectivity index (χ0n) is 10.1. The Labute approximate surface area is 114 Å². The van der Waals surface area contributed by atoms with E-state index in [4.69, 9.17) is 16.3 Å². The van der Waals surface area contributed by atoms with Crippen LogP contribution in [-0.4, -0.2) is 22.9 Å². The minimum absolute atomic E-state index is 0.158. The molecule has 0 amide bonds. The summed E-state index contributed by atoms with van der Waals surface area (Å²) in [5.41, 5.74) is 0.318.